The maximum absolute atomic E-state index is 10.0. The molecule has 0 saturated heterocycles. The van der Waals surface area contributed by atoms with Crippen LogP contribution in [0.25, 0.3) is 0 Å². The smallest absolute Gasteiger partial charge is 0.208 e. The Morgan fingerprint density at radius 3 is 2.00 bits per heavy atom. The van der Waals surface area contributed by atoms with Crippen molar-refractivity contribution in [3.05, 3.63) is 0 Å². The average Bonchev–Trinajstić information content (AvgIpc) is 1.37. The summed E-state index contributed by atoms with van der Waals surface area (Å²) in [5.74, 6) is 0. The van der Waals surface area contributed by atoms with Gasteiger partial charge in [-0.1, -0.05) is 0 Å². The van der Waals surface area contributed by atoms with Crippen LogP contribution in [0.1, 0.15) is 0 Å². The monoisotopic (exact) mass is 59.0 g/mol. The second-order valence-electron chi connectivity index (χ2n) is 0.197. The maximum Gasteiger partial charge on any atom is 0.208 e. The lowest BCUT2D eigenvalue weighted by Crippen LogP contribution is -1.30. The lowest BCUT2D eigenvalue weighted by atomic mass is 11.3. The predicted molar refractivity (Wildman–Crippen MR) is 9.57 cm³/mol. The molecule has 0 rings (SSSR count). The summed E-state index contributed by atoms with van der Waals surface area (Å²) >= 11 is 0. The van der Waals surface area contributed by atoms with E-state index in [0.29, 0.717) is 6.17 Å². The molecule has 0 spiro atoms. The van der Waals surface area contributed by atoms with Crippen molar-refractivity contribution in [2.75, 3.05) is 0 Å². The summed E-state index contributed by atoms with van der Waals surface area (Å²) < 4.78 is 10.0. The molecule has 1 radical (unpaired) electrons. The second kappa shape index (κ2) is 2.29. The highest BCUT2D eigenvalue weighted by Gasteiger charge is 1.40. The van der Waals surface area contributed by atoms with Crippen molar-refractivity contribution in [3.8, 4) is 12.3 Å². The Bertz CT molecular complexity index is 42.8. The van der Waals surface area contributed by atoms with Gasteiger partial charge in [-0.2, -0.15) is 0 Å². The Morgan fingerprint density at radius 1 is 1.75 bits per heavy atom. The van der Waals surface area contributed by atoms with E-state index in [0.717, 1.165) is 6.11 Å². The summed E-state index contributed by atoms with van der Waals surface area (Å²) in [6, 6.07) is 0. The zero-order valence-corrected chi connectivity index (χ0v) is 1.79. The van der Waals surface area contributed by atoms with E-state index in [-0.39, 0.29) is 0 Å². The molecular weight excluding hydrogens is 59.0 g/mol. The van der Waals surface area contributed by atoms with Gasteiger partial charge >= 0.3 is 0 Å². The highest BCUT2D eigenvalue weighted by Crippen LogP contribution is 1.43. The van der Waals surface area contributed by atoms with Gasteiger partial charge in [-0.05, 0) is 0 Å². The van der Waals surface area contributed by atoms with Gasteiger partial charge < -0.3 is 0 Å². The van der Waals surface area contributed by atoms with E-state index in [2.05, 4.69) is 0 Å². The fraction of sp³-hybridized carbons (Fsp3) is 0. The third-order valence-electron chi connectivity index (χ3n) is 0.0386. The van der Waals surface area contributed by atoms with Gasteiger partial charge in [0.05, 0.1) is 0 Å². The van der Waals surface area contributed by atoms with Crippen molar-refractivity contribution < 1.29 is 9.50 Å². The molecule has 0 fully saturated rings. The van der Waals surface area contributed by atoms with Gasteiger partial charge in [-0.3, -0.25) is 0 Å². The summed E-state index contributed by atoms with van der Waals surface area (Å²) in [5.41, 5.74) is 0. The number of hydrogen-bond donors (Lipinski definition) is 0. The lowest BCUT2D eigenvalue weighted by molar-refractivity contribution is 0.387. The number of halogens is 1. The van der Waals surface area contributed by atoms with E-state index < -0.39 is 0 Å². The Balaban J connectivity index is 2.83. The standard InChI is InChI=1S/C2FO/c3-1-2-4. The molecule has 0 aromatic heterocycles. The van der Waals surface area contributed by atoms with Crippen molar-refractivity contribution in [2.45, 2.75) is 0 Å². The van der Waals surface area contributed by atoms with E-state index in [1.54, 1.807) is 0 Å². The van der Waals surface area contributed by atoms with Crippen molar-refractivity contribution >= 4 is 0 Å². The van der Waals surface area contributed by atoms with Crippen LogP contribution in [0.3, 0.4) is 0 Å². The molecule has 0 bridgehead atoms. The first-order chi connectivity index (χ1) is 1.91. The van der Waals surface area contributed by atoms with Gasteiger partial charge in [0.2, 0.25) is 6.11 Å². The van der Waals surface area contributed by atoms with Crippen LogP contribution < -0.4 is 0 Å². The molecule has 0 amide bonds. The summed E-state index contributed by atoms with van der Waals surface area (Å²) in [7, 11) is 0. The van der Waals surface area contributed by atoms with Gasteiger partial charge in [0.25, 0.3) is 0 Å². The minimum absolute atomic E-state index is 0.625. The molecule has 0 heterocycles. The molecule has 0 unspecified atom stereocenters. The minimum Gasteiger partial charge on any atom is -0.222 e. The quantitative estimate of drug-likeness (QED) is 0.358. The summed E-state index contributed by atoms with van der Waals surface area (Å²) in [6.45, 7) is 0. The molecule has 4 heavy (non-hydrogen) atoms. The zero-order chi connectivity index (χ0) is 3.41. The molecule has 0 aliphatic rings. The Labute approximate surface area is 23.1 Å². The molecule has 0 aliphatic carbocycles. The third kappa shape index (κ3) is 1.29. The highest BCUT2D eigenvalue weighted by atomic mass is 19.1. The first kappa shape index (κ1) is 3.29. The molecule has 0 N–H and O–H groups in total. The van der Waals surface area contributed by atoms with Crippen LogP contribution in [-0.4, -0.2) is 0 Å². The highest BCUT2D eigenvalue weighted by molar-refractivity contribution is 4.73. The second-order valence-corrected chi connectivity index (χ2v) is 0.197. The van der Waals surface area contributed by atoms with Gasteiger partial charge in [-0.15, -0.1) is 4.39 Å². The number of rotatable bonds is 0. The summed E-state index contributed by atoms with van der Waals surface area (Å²) in [4.78, 5) is 0. The van der Waals surface area contributed by atoms with E-state index in [4.69, 9.17) is 5.11 Å². The summed E-state index contributed by atoms with van der Waals surface area (Å²) in [6.07, 6.45) is 1.39. The Hall–Kier alpha value is -0.710. The fourth-order valence-corrected chi connectivity index (χ4v) is 0. The predicted octanol–water partition coefficient (Wildman–Crippen LogP) is 0.305. The van der Waals surface area contributed by atoms with Crippen LogP contribution in [0.15, 0.2) is 0 Å². The lowest BCUT2D eigenvalue weighted by Gasteiger charge is -1.29. The average molecular weight is 59.0 g/mol. The first-order valence-corrected chi connectivity index (χ1v) is 0.643. The normalized spacial score (nSPS) is 3.25. The van der Waals surface area contributed by atoms with E-state index in [1.807, 2.05) is 0 Å². The van der Waals surface area contributed by atoms with Gasteiger partial charge in [-0.25, -0.2) is 5.11 Å². The van der Waals surface area contributed by atoms with E-state index in [9.17, 15) is 4.39 Å². The van der Waals surface area contributed by atoms with Gasteiger partial charge in [0.1, 0.15) is 0 Å². The molecule has 0 aliphatic heterocycles. The molecule has 2 heteroatoms. The van der Waals surface area contributed by atoms with Crippen molar-refractivity contribution in [3.63, 3.8) is 0 Å². The Kier molecular flexibility index (Phi) is 1.88. The van der Waals surface area contributed by atoms with Gasteiger partial charge in [0.15, 0.2) is 6.17 Å². The van der Waals surface area contributed by atoms with E-state index in [1.165, 1.54) is 0 Å². The zero-order valence-electron chi connectivity index (χ0n) is 1.79. The third-order valence-corrected chi connectivity index (χ3v) is 0.0386. The van der Waals surface area contributed by atoms with Crippen molar-refractivity contribution in [1.82, 2.24) is 0 Å². The molecule has 0 aromatic rings. The topological polar surface area (TPSA) is 19.9 Å². The van der Waals surface area contributed by atoms with Crippen LogP contribution in [-0.2, 0) is 5.11 Å². The van der Waals surface area contributed by atoms with Gasteiger partial charge in [0, 0.05) is 0 Å². The number of hydrogen-bond acceptors (Lipinski definition) is 0. The molecule has 0 saturated carbocycles. The van der Waals surface area contributed by atoms with Crippen LogP contribution in [0.5, 0.6) is 0 Å². The minimum atomic E-state index is 0.625. The van der Waals surface area contributed by atoms with Crippen LogP contribution in [0.2, 0.25) is 0 Å². The van der Waals surface area contributed by atoms with Crippen LogP contribution in [0.4, 0.5) is 4.39 Å². The SMILES string of the molecule is [O]C#CF. The molecule has 0 atom stereocenters. The maximum atomic E-state index is 10.0. The molecule has 21 valence electrons. The largest absolute Gasteiger partial charge is 0.222 e. The molecular formula is C2FO. The molecule has 1 nitrogen and oxygen atoms in total. The molecule has 0 aromatic carbocycles. The van der Waals surface area contributed by atoms with Crippen molar-refractivity contribution in [2.24, 2.45) is 0 Å². The van der Waals surface area contributed by atoms with E-state index >= 15 is 0 Å². The van der Waals surface area contributed by atoms with Crippen LogP contribution in [0, 0.1) is 12.3 Å². The van der Waals surface area contributed by atoms with Crippen molar-refractivity contribution in [1.29, 1.82) is 0 Å². The Morgan fingerprint density at radius 2 is 2.00 bits per heavy atom. The summed E-state index contributed by atoms with van der Waals surface area (Å²) in [5, 5.41) is 8.56. The first-order valence-electron chi connectivity index (χ1n) is 0.643. The fourth-order valence-electron chi connectivity index (χ4n) is 0. The van der Waals surface area contributed by atoms with Crippen LogP contribution >= 0.6 is 0 Å².